The molecular weight excluding hydrogens is 344 g/mol. The second-order valence-corrected chi connectivity index (χ2v) is 13.1. The first-order valence-electron chi connectivity index (χ1n) is 9.05. The van der Waals surface area contributed by atoms with Gasteiger partial charge in [0.25, 0.3) is 0 Å². The monoisotopic (exact) mass is 376 g/mol. The van der Waals surface area contributed by atoms with Gasteiger partial charge >= 0.3 is 0 Å². The molecule has 0 heterocycles. The molecule has 144 valence electrons. The number of methoxy groups -OCH3 is 2. The Hall–Kier alpha value is -1.72. The van der Waals surface area contributed by atoms with E-state index in [1.165, 1.54) is 0 Å². The number of fused-ring (bicyclic) bond motifs is 1. The number of hydrogen-bond donors (Lipinski definition) is 1. The van der Waals surface area contributed by atoms with Gasteiger partial charge in [0.05, 0.1) is 19.6 Å². The zero-order valence-corrected chi connectivity index (χ0v) is 18.3. The maximum Gasteiger partial charge on any atom is 0.192 e. The first-order chi connectivity index (χ1) is 12.0. The zero-order chi connectivity index (χ0) is 19.7. The maximum absolute atomic E-state index is 10.8. The number of benzene rings is 2. The van der Waals surface area contributed by atoms with Crippen LogP contribution in [0.25, 0.3) is 10.8 Å². The van der Waals surface area contributed by atoms with Crippen LogP contribution in [0.4, 0.5) is 0 Å². The predicted octanol–water partition coefficient (Wildman–Crippen LogP) is 5.52. The quantitative estimate of drug-likeness (QED) is 0.675. The topological polar surface area (TPSA) is 47.9 Å². The van der Waals surface area contributed by atoms with Gasteiger partial charge in [-0.1, -0.05) is 32.9 Å². The fourth-order valence-corrected chi connectivity index (χ4v) is 4.41. The molecule has 0 aromatic heterocycles. The molecule has 0 amide bonds. The third-order valence-corrected chi connectivity index (χ3v) is 9.99. The van der Waals surface area contributed by atoms with E-state index >= 15 is 0 Å². The van der Waals surface area contributed by atoms with Crippen LogP contribution < -0.4 is 9.47 Å². The van der Waals surface area contributed by atoms with Crippen molar-refractivity contribution in [3.8, 4) is 17.2 Å². The summed E-state index contributed by atoms with van der Waals surface area (Å²) in [6.45, 7) is 13.3. The van der Waals surface area contributed by atoms with Crippen LogP contribution in [0.2, 0.25) is 18.1 Å². The first-order valence-corrected chi connectivity index (χ1v) is 12.0. The number of ether oxygens (including phenoxy) is 2. The number of hydrogen-bond acceptors (Lipinski definition) is 4. The molecule has 0 aliphatic rings. The lowest BCUT2D eigenvalue weighted by Gasteiger charge is -2.38. The second kappa shape index (κ2) is 7.49. The molecular formula is C21H32O4Si. The molecule has 0 radical (unpaired) electrons. The summed E-state index contributed by atoms with van der Waals surface area (Å²) in [7, 11) is 1.39. The van der Waals surface area contributed by atoms with Gasteiger partial charge < -0.3 is 19.0 Å². The van der Waals surface area contributed by atoms with Crippen molar-refractivity contribution < 1.29 is 19.0 Å². The van der Waals surface area contributed by atoms with Crippen LogP contribution in [-0.4, -0.2) is 33.7 Å². The van der Waals surface area contributed by atoms with Crippen LogP contribution >= 0.6 is 0 Å². The van der Waals surface area contributed by atoms with E-state index in [9.17, 15) is 5.11 Å². The molecule has 0 spiro atoms. The molecule has 0 aliphatic carbocycles. The standard InChI is InChI=1S/C21H32O4Si/c1-14(25-26(7,8)21(2,3)4)12-15-13-18(24-6)19-16(20(15)22)10-9-11-17(19)23-5/h9-11,13-14,22H,12H2,1-8H3/t14-/m0/s1. The van der Waals surface area contributed by atoms with E-state index in [-0.39, 0.29) is 16.9 Å². The lowest BCUT2D eigenvalue weighted by atomic mass is 10.00. The van der Waals surface area contributed by atoms with Gasteiger partial charge in [-0.05, 0) is 37.2 Å². The van der Waals surface area contributed by atoms with Crippen LogP contribution in [0.3, 0.4) is 0 Å². The molecule has 2 rings (SSSR count). The zero-order valence-electron chi connectivity index (χ0n) is 17.3. The summed E-state index contributed by atoms with van der Waals surface area (Å²) in [4.78, 5) is 0. The minimum absolute atomic E-state index is 0.00885. The van der Waals surface area contributed by atoms with Gasteiger partial charge in [0.1, 0.15) is 17.2 Å². The number of phenolic OH excluding ortho intramolecular Hbond substituents is 1. The molecule has 26 heavy (non-hydrogen) atoms. The van der Waals surface area contributed by atoms with Gasteiger partial charge in [0.15, 0.2) is 8.32 Å². The lowest BCUT2D eigenvalue weighted by Crippen LogP contribution is -2.43. The molecule has 0 saturated carbocycles. The normalized spacial score (nSPS) is 13.7. The molecule has 1 atom stereocenters. The summed E-state index contributed by atoms with van der Waals surface area (Å²) >= 11 is 0. The molecule has 0 saturated heterocycles. The molecule has 4 nitrogen and oxygen atoms in total. The number of phenols is 1. The van der Waals surface area contributed by atoms with Crippen LogP contribution in [-0.2, 0) is 10.8 Å². The second-order valence-electron chi connectivity index (χ2n) is 8.36. The summed E-state index contributed by atoms with van der Waals surface area (Å²) < 4.78 is 17.5. The van der Waals surface area contributed by atoms with Crippen molar-refractivity contribution in [2.45, 2.75) is 58.4 Å². The van der Waals surface area contributed by atoms with Crippen molar-refractivity contribution in [1.82, 2.24) is 0 Å². The van der Waals surface area contributed by atoms with E-state index < -0.39 is 8.32 Å². The van der Waals surface area contributed by atoms with Crippen molar-refractivity contribution in [2.24, 2.45) is 0 Å². The summed E-state index contributed by atoms with van der Waals surface area (Å²) in [6, 6.07) is 7.52. The largest absolute Gasteiger partial charge is 0.507 e. The first kappa shape index (κ1) is 20.6. The van der Waals surface area contributed by atoms with Gasteiger partial charge in [0, 0.05) is 23.5 Å². The Morgan fingerprint density at radius 3 is 2.23 bits per heavy atom. The maximum atomic E-state index is 10.8. The summed E-state index contributed by atoms with van der Waals surface area (Å²) in [6.07, 6.45) is 0.636. The average Bonchev–Trinajstić information content (AvgIpc) is 2.55. The number of rotatable bonds is 6. The molecule has 0 aliphatic heterocycles. The highest BCUT2D eigenvalue weighted by molar-refractivity contribution is 6.74. The molecule has 2 aromatic carbocycles. The van der Waals surface area contributed by atoms with Gasteiger partial charge in [-0.3, -0.25) is 0 Å². The molecule has 1 N–H and O–H groups in total. The molecule has 0 fully saturated rings. The highest BCUT2D eigenvalue weighted by atomic mass is 28.4. The molecule has 2 aromatic rings. The van der Waals surface area contributed by atoms with Crippen LogP contribution in [0.1, 0.15) is 33.3 Å². The third kappa shape index (κ3) is 3.99. The summed E-state index contributed by atoms with van der Waals surface area (Å²) in [5.41, 5.74) is 0.828. The van der Waals surface area contributed by atoms with Crippen LogP contribution in [0.5, 0.6) is 17.2 Å². The van der Waals surface area contributed by atoms with Crippen molar-refractivity contribution in [3.05, 3.63) is 29.8 Å². The Morgan fingerprint density at radius 2 is 1.69 bits per heavy atom. The smallest absolute Gasteiger partial charge is 0.192 e. The Kier molecular flexibility index (Phi) is 5.93. The van der Waals surface area contributed by atoms with E-state index in [0.717, 1.165) is 16.3 Å². The minimum atomic E-state index is -1.86. The van der Waals surface area contributed by atoms with E-state index in [0.29, 0.717) is 17.9 Å². The fraction of sp³-hybridized carbons (Fsp3) is 0.524. The molecule has 0 unspecified atom stereocenters. The van der Waals surface area contributed by atoms with Crippen LogP contribution in [0, 0.1) is 0 Å². The summed E-state index contributed by atoms with van der Waals surface area (Å²) in [5.74, 6) is 1.65. The number of aromatic hydroxyl groups is 1. The molecule has 0 bridgehead atoms. The average molecular weight is 377 g/mol. The van der Waals surface area contributed by atoms with E-state index in [1.54, 1.807) is 14.2 Å². The minimum Gasteiger partial charge on any atom is -0.507 e. The van der Waals surface area contributed by atoms with E-state index in [1.807, 2.05) is 24.3 Å². The Morgan fingerprint density at radius 1 is 1.08 bits per heavy atom. The van der Waals surface area contributed by atoms with E-state index in [4.69, 9.17) is 13.9 Å². The predicted molar refractivity (Wildman–Crippen MR) is 110 cm³/mol. The Labute approximate surface area is 158 Å². The highest BCUT2D eigenvalue weighted by Crippen LogP contribution is 2.42. The van der Waals surface area contributed by atoms with Crippen LogP contribution in [0.15, 0.2) is 24.3 Å². The van der Waals surface area contributed by atoms with Gasteiger partial charge in [-0.25, -0.2) is 0 Å². The third-order valence-electron chi connectivity index (χ3n) is 5.39. The van der Waals surface area contributed by atoms with Crippen molar-refractivity contribution in [2.75, 3.05) is 14.2 Å². The van der Waals surface area contributed by atoms with Crippen molar-refractivity contribution in [3.63, 3.8) is 0 Å². The Bertz CT molecular complexity index is 778. The van der Waals surface area contributed by atoms with Gasteiger partial charge in [0.2, 0.25) is 0 Å². The molecule has 5 heteroatoms. The van der Waals surface area contributed by atoms with Crippen molar-refractivity contribution >= 4 is 19.1 Å². The summed E-state index contributed by atoms with van der Waals surface area (Å²) in [5, 5.41) is 12.5. The van der Waals surface area contributed by atoms with Crippen molar-refractivity contribution in [1.29, 1.82) is 0 Å². The van der Waals surface area contributed by atoms with Gasteiger partial charge in [-0.15, -0.1) is 0 Å². The Balaban J connectivity index is 2.40. The highest BCUT2D eigenvalue weighted by Gasteiger charge is 2.38. The van der Waals surface area contributed by atoms with E-state index in [2.05, 4.69) is 40.8 Å². The van der Waals surface area contributed by atoms with Gasteiger partial charge in [-0.2, -0.15) is 0 Å². The lowest BCUT2D eigenvalue weighted by molar-refractivity contribution is 0.198. The SMILES string of the molecule is COc1cccc2c(O)c(C[C@H](C)O[Si](C)(C)C(C)(C)C)cc(OC)c12. The fourth-order valence-electron chi connectivity index (χ4n) is 2.97.